The maximum Gasteiger partial charge on any atom is 0.220 e. The molecule has 33 heavy (non-hydrogen) atoms. The van der Waals surface area contributed by atoms with Crippen LogP contribution >= 0.6 is 23.2 Å². The maximum atomic E-state index is 12.8. The number of nitrogens with zero attached hydrogens (tertiary/aromatic N) is 1. The van der Waals surface area contributed by atoms with Gasteiger partial charge in [0.25, 0.3) is 0 Å². The Morgan fingerprint density at radius 1 is 0.879 bits per heavy atom. The molecular weight excluding hydrogens is 451 g/mol. The average Bonchev–Trinajstić information content (AvgIpc) is 2.84. The zero-order chi connectivity index (χ0) is 23.0. The summed E-state index contributed by atoms with van der Waals surface area (Å²) in [5.74, 6) is 0.755. The first-order valence-corrected chi connectivity index (χ1v) is 12.4. The number of benzene rings is 3. The number of rotatable bonds is 8. The van der Waals surface area contributed by atoms with Gasteiger partial charge in [0.1, 0.15) is 0 Å². The molecule has 5 heteroatoms. The summed E-state index contributed by atoms with van der Waals surface area (Å²) < 4.78 is 0. The van der Waals surface area contributed by atoms with Gasteiger partial charge >= 0.3 is 0 Å². The molecule has 3 aromatic rings. The summed E-state index contributed by atoms with van der Waals surface area (Å²) in [7, 11) is 0. The minimum absolute atomic E-state index is 0.142. The molecule has 4 rings (SSSR count). The molecule has 172 valence electrons. The van der Waals surface area contributed by atoms with Crippen molar-refractivity contribution < 1.29 is 4.79 Å². The summed E-state index contributed by atoms with van der Waals surface area (Å²) in [5.41, 5.74) is 3.64. The van der Waals surface area contributed by atoms with E-state index in [4.69, 9.17) is 23.2 Å². The number of hydrogen-bond donors (Lipinski definition) is 1. The number of halogens is 2. The zero-order valence-corrected chi connectivity index (χ0v) is 20.2. The van der Waals surface area contributed by atoms with Crippen LogP contribution in [-0.4, -0.2) is 25.5 Å². The Morgan fingerprint density at radius 2 is 1.48 bits per heavy atom. The lowest BCUT2D eigenvalue weighted by atomic mass is 9.91. The summed E-state index contributed by atoms with van der Waals surface area (Å²) in [4.78, 5) is 15.2. The lowest BCUT2D eigenvalue weighted by molar-refractivity contribution is -0.122. The highest BCUT2D eigenvalue weighted by atomic mass is 35.5. The van der Waals surface area contributed by atoms with E-state index >= 15 is 0 Å². The van der Waals surface area contributed by atoms with Gasteiger partial charge in [-0.1, -0.05) is 65.7 Å². The van der Waals surface area contributed by atoms with Gasteiger partial charge in [-0.05, 0) is 72.7 Å². The van der Waals surface area contributed by atoms with Crippen molar-refractivity contribution in [1.82, 2.24) is 5.32 Å². The van der Waals surface area contributed by atoms with Crippen LogP contribution in [0.5, 0.6) is 0 Å². The van der Waals surface area contributed by atoms with E-state index in [9.17, 15) is 4.79 Å². The van der Waals surface area contributed by atoms with Gasteiger partial charge in [-0.3, -0.25) is 4.79 Å². The number of piperidine rings is 1. The molecule has 0 aliphatic carbocycles. The van der Waals surface area contributed by atoms with Gasteiger partial charge in [-0.15, -0.1) is 0 Å². The molecule has 0 aromatic heterocycles. The number of hydrogen-bond acceptors (Lipinski definition) is 2. The molecule has 1 amide bonds. The number of carbonyl (C=O) groups excluding carboxylic acids is 1. The average molecular weight is 481 g/mol. The van der Waals surface area contributed by atoms with Gasteiger partial charge in [0.15, 0.2) is 0 Å². The molecule has 1 N–H and O–H groups in total. The second-order valence-corrected chi connectivity index (χ2v) is 9.73. The van der Waals surface area contributed by atoms with Gasteiger partial charge < -0.3 is 10.2 Å². The molecule has 0 radical (unpaired) electrons. The fourth-order valence-electron chi connectivity index (χ4n) is 4.55. The molecule has 0 bridgehead atoms. The van der Waals surface area contributed by atoms with E-state index in [1.807, 2.05) is 54.6 Å². The summed E-state index contributed by atoms with van der Waals surface area (Å²) in [5, 5.41) is 4.65. The number of carbonyl (C=O) groups is 1. The second kappa shape index (κ2) is 11.6. The first kappa shape index (κ1) is 23.7. The lowest BCUT2D eigenvalue weighted by Crippen LogP contribution is -2.36. The monoisotopic (exact) mass is 480 g/mol. The molecule has 3 nitrogen and oxygen atoms in total. The minimum atomic E-state index is 0.142. The first-order valence-electron chi connectivity index (χ1n) is 11.6. The van der Waals surface area contributed by atoms with Gasteiger partial charge in [-0.25, -0.2) is 0 Å². The van der Waals surface area contributed by atoms with Gasteiger partial charge in [0.05, 0.1) is 0 Å². The Balaban J connectivity index is 1.31. The molecule has 0 spiro atoms. The van der Waals surface area contributed by atoms with Crippen molar-refractivity contribution in [3.8, 4) is 0 Å². The van der Waals surface area contributed by atoms with Gasteiger partial charge in [-0.2, -0.15) is 0 Å². The van der Waals surface area contributed by atoms with Crippen LogP contribution in [0, 0.1) is 5.92 Å². The van der Waals surface area contributed by atoms with Crippen molar-refractivity contribution >= 4 is 34.8 Å². The number of anilines is 1. The largest absolute Gasteiger partial charge is 0.372 e. The minimum Gasteiger partial charge on any atom is -0.372 e. The van der Waals surface area contributed by atoms with E-state index in [0.717, 1.165) is 42.4 Å². The topological polar surface area (TPSA) is 32.3 Å². The Hall–Kier alpha value is -2.49. The van der Waals surface area contributed by atoms with Crippen molar-refractivity contribution in [3.05, 3.63) is 100 Å². The molecule has 0 saturated carbocycles. The smallest absolute Gasteiger partial charge is 0.220 e. The van der Waals surface area contributed by atoms with E-state index in [2.05, 4.69) is 34.5 Å². The Morgan fingerprint density at radius 3 is 2.12 bits per heavy atom. The fraction of sp³-hybridized carbons (Fsp3) is 0.321. The first-order chi connectivity index (χ1) is 16.1. The van der Waals surface area contributed by atoms with Crippen LogP contribution in [0.25, 0.3) is 0 Å². The van der Waals surface area contributed by atoms with Gasteiger partial charge in [0, 0.05) is 47.7 Å². The molecule has 0 unspecified atom stereocenters. The summed E-state index contributed by atoms with van der Waals surface area (Å²) in [6.45, 7) is 2.61. The SMILES string of the molecule is O=C(CC1CCN(c2ccccc2)CC1)NC[C@H](Cc1ccc(Cl)cc1)c1ccc(Cl)cc1. The normalized spacial score (nSPS) is 15.3. The maximum absolute atomic E-state index is 12.8. The van der Waals surface area contributed by atoms with Crippen LogP contribution in [0.15, 0.2) is 78.9 Å². The van der Waals surface area contributed by atoms with Crippen LogP contribution in [0.3, 0.4) is 0 Å². The third-order valence-corrected chi connectivity index (χ3v) is 7.00. The van der Waals surface area contributed by atoms with E-state index in [1.54, 1.807) is 0 Å². The van der Waals surface area contributed by atoms with E-state index in [0.29, 0.717) is 18.9 Å². The van der Waals surface area contributed by atoms with Crippen molar-refractivity contribution in [2.24, 2.45) is 5.92 Å². The zero-order valence-electron chi connectivity index (χ0n) is 18.7. The van der Waals surface area contributed by atoms with E-state index in [1.165, 1.54) is 16.8 Å². The highest BCUT2D eigenvalue weighted by Gasteiger charge is 2.22. The standard InChI is InChI=1S/C28H30Cl2N2O/c29-25-10-6-21(7-11-25)18-24(23-8-12-26(30)13-9-23)20-31-28(33)19-22-14-16-32(17-15-22)27-4-2-1-3-5-27/h1-13,22,24H,14-20H2,(H,31,33)/t24-/m0/s1. The fourth-order valence-corrected chi connectivity index (χ4v) is 4.81. The van der Waals surface area contributed by atoms with Crippen molar-refractivity contribution in [2.75, 3.05) is 24.5 Å². The Kier molecular flexibility index (Phi) is 8.30. The molecule has 3 aromatic carbocycles. The second-order valence-electron chi connectivity index (χ2n) is 8.85. The molecule has 1 aliphatic rings. The van der Waals surface area contributed by atoms with Crippen LogP contribution in [0.4, 0.5) is 5.69 Å². The molecular formula is C28H30Cl2N2O. The third kappa shape index (κ3) is 6.99. The highest BCUT2D eigenvalue weighted by Crippen LogP contribution is 2.26. The molecule has 1 atom stereocenters. The molecule has 1 fully saturated rings. The van der Waals surface area contributed by atoms with Crippen LogP contribution < -0.4 is 10.2 Å². The van der Waals surface area contributed by atoms with Crippen LogP contribution in [0.1, 0.15) is 36.3 Å². The van der Waals surface area contributed by atoms with E-state index < -0.39 is 0 Å². The number of para-hydroxylation sites is 1. The number of nitrogens with one attached hydrogen (secondary N) is 1. The Bertz CT molecular complexity index is 1010. The van der Waals surface area contributed by atoms with Crippen LogP contribution in [0.2, 0.25) is 10.0 Å². The highest BCUT2D eigenvalue weighted by molar-refractivity contribution is 6.30. The summed E-state index contributed by atoms with van der Waals surface area (Å²) >= 11 is 12.1. The quantitative estimate of drug-likeness (QED) is 0.386. The summed E-state index contributed by atoms with van der Waals surface area (Å²) in [6, 6.07) is 26.4. The van der Waals surface area contributed by atoms with E-state index in [-0.39, 0.29) is 11.8 Å². The molecule has 1 heterocycles. The number of amides is 1. The van der Waals surface area contributed by atoms with Crippen LogP contribution in [-0.2, 0) is 11.2 Å². The van der Waals surface area contributed by atoms with Crippen molar-refractivity contribution in [2.45, 2.75) is 31.6 Å². The van der Waals surface area contributed by atoms with Crippen molar-refractivity contribution in [3.63, 3.8) is 0 Å². The Labute approximate surface area is 206 Å². The lowest BCUT2D eigenvalue weighted by Gasteiger charge is -2.33. The van der Waals surface area contributed by atoms with Gasteiger partial charge in [0.2, 0.25) is 5.91 Å². The predicted octanol–water partition coefficient (Wildman–Crippen LogP) is 6.74. The summed E-state index contributed by atoms with van der Waals surface area (Å²) in [6.07, 6.45) is 3.52. The van der Waals surface area contributed by atoms with Crippen molar-refractivity contribution in [1.29, 1.82) is 0 Å². The molecule has 1 aliphatic heterocycles. The predicted molar refractivity (Wildman–Crippen MR) is 138 cm³/mol. The molecule has 1 saturated heterocycles. The third-order valence-electron chi connectivity index (χ3n) is 6.49.